The van der Waals surface area contributed by atoms with Crippen LogP contribution in [0.25, 0.3) is 11.3 Å². The van der Waals surface area contributed by atoms with Gasteiger partial charge >= 0.3 is 0 Å². The molecule has 1 fully saturated rings. The lowest BCUT2D eigenvalue weighted by Crippen LogP contribution is -2.46. The molecule has 27 heavy (non-hydrogen) atoms. The summed E-state index contributed by atoms with van der Waals surface area (Å²) in [6.45, 7) is 0. The van der Waals surface area contributed by atoms with Crippen molar-refractivity contribution in [2.75, 3.05) is 0 Å². The van der Waals surface area contributed by atoms with E-state index >= 15 is 0 Å². The lowest BCUT2D eigenvalue weighted by atomic mass is 10.0. The number of imidazole rings is 1. The zero-order chi connectivity index (χ0) is 19.6. The third-order valence-corrected chi connectivity index (χ3v) is 6.58. The smallest absolute Gasteiger partial charge is 0.269 e. The van der Waals surface area contributed by atoms with Crippen molar-refractivity contribution in [2.45, 2.75) is 37.4 Å². The Labute approximate surface area is 162 Å². The quantitative estimate of drug-likeness (QED) is 0.736. The number of hydrogen-bond donors (Lipinski definition) is 2. The van der Waals surface area contributed by atoms with Crippen molar-refractivity contribution in [1.29, 1.82) is 0 Å². The minimum absolute atomic E-state index is 0.251. The lowest BCUT2D eigenvalue weighted by molar-refractivity contribution is 0.0941. The lowest BCUT2D eigenvalue weighted by Gasteiger charge is -2.22. The van der Waals surface area contributed by atoms with E-state index in [4.69, 9.17) is 11.6 Å². The molecule has 1 aliphatic rings. The number of benzene rings is 1. The van der Waals surface area contributed by atoms with Gasteiger partial charge in [0.05, 0.1) is 27.9 Å². The number of hydrogen-bond acceptors (Lipinski definition) is 4. The van der Waals surface area contributed by atoms with Crippen LogP contribution in [-0.2, 0) is 17.1 Å². The minimum atomic E-state index is -3.72. The monoisotopic (exact) mass is 414 g/mol. The maximum Gasteiger partial charge on any atom is 0.269 e. The van der Waals surface area contributed by atoms with Gasteiger partial charge in [0.2, 0.25) is 10.0 Å². The Bertz CT molecular complexity index is 955. The molecule has 1 saturated carbocycles. The highest BCUT2D eigenvalue weighted by atomic mass is 35.5. The maximum absolute atomic E-state index is 14.3. The van der Waals surface area contributed by atoms with Crippen LogP contribution in [0, 0.1) is 5.82 Å². The van der Waals surface area contributed by atoms with Gasteiger partial charge in [0, 0.05) is 18.8 Å². The number of nitrogens with zero attached hydrogens (tertiary/aromatic N) is 2. The van der Waals surface area contributed by atoms with Crippen molar-refractivity contribution in [2.24, 2.45) is 7.05 Å². The third kappa shape index (κ3) is 4.48. The van der Waals surface area contributed by atoms with Gasteiger partial charge in [-0.2, -0.15) is 0 Å². The predicted octanol–water partition coefficient (Wildman–Crippen LogP) is 2.78. The summed E-state index contributed by atoms with van der Waals surface area (Å²) < 4.78 is 40.6. The topological polar surface area (TPSA) is 93.1 Å². The van der Waals surface area contributed by atoms with Gasteiger partial charge in [-0.3, -0.25) is 10.2 Å². The van der Waals surface area contributed by atoms with Crippen LogP contribution < -0.4 is 10.3 Å². The van der Waals surface area contributed by atoms with E-state index in [1.54, 1.807) is 24.1 Å². The first kappa shape index (κ1) is 19.8. The number of aryl methyl sites for hydroxylation is 1. The molecule has 1 amide bonds. The summed E-state index contributed by atoms with van der Waals surface area (Å²) in [7, 11) is -1.95. The molecular formula is C17H20ClFN4O3S. The molecule has 3 rings (SSSR count). The minimum Gasteiger partial charge on any atom is -0.340 e. The number of carbonyl (C=O) groups excluding carboxylic acids is 1. The zero-order valence-corrected chi connectivity index (χ0v) is 16.3. The highest BCUT2D eigenvalue weighted by molar-refractivity contribution is 7.90. The van der Waals surface area contributed by atoms with Gasteiger partial charge in [-0.25, -0.2) is 17.8 Å². The Morgan fingerprint density at radius 2 is 2.00 bits per heavy atom. The van der Waals surface area contributed by atoms with E-state index in [9.17, 15) is 17.6 Å². The molecule has 0 unspecified atom stereocenters. The number of sulfonamides is 1. The number of hydrazine groups is 1. The van der Waals surface area contributed by atoms with E-state index < -0.39 is 27.0 Å². The highest BCUT2D eigenvalue weighted by Crippen LogP contribution is 2.27. The van der Waals surface area contributed by atoms with E-state index in [2.05, 4.69) is 15.2 Å². The number of amides is 1. The number of nitrogens with one attached hydrogen (secondary N) is 2. The van der Waals surface area contributed by atoms with Gasteiger partial charge in [-0.15, -0.1) is 4.83 Å². The van der Waals surface area contributed by atoms with Gasteiger partial charge in [-0.05, 0) is 25.0 Å². The summed E-state index contributed by atoms with van der Waals surface area (Å²) in [5.74, 6) is -1.85. The van der Waals surface area contributed by atoms with Crippen LogP contribution in [0.2, 0.25) is 5.02 Å². The van der Waals surface area contributed by atoms with Crippen molar-refractivity contribution in [3.05, 3.63) is 41.1 Å². The Kier molecular flexibility index (Phi) is 5.83. The molecule has 1 aromatic heterocycles. The summed E-state index contributed by atoms with van der Waals surface area (Å²) in [6.07, 6.45) is 7.00. The fraction of sp³-hybridized carbons (Fsp3) is 0.412. The standard InChI is InChI=1S/C17H20ClFN4O3S/c1-23-9-15(20-10-23)11-7-13(16(19)14(18)8-11)17(24)21-22-27(25,26)12-5-3-2-4-6-12/h7-10,12,22H,2-6H2,1H3,(H,21,24). The Hall–Kier alpha value is -1.97. The summed E-state index contributed by atoms with van der Waals surface area (Å²) in [4.78, 5) is 18.6. The molecule has 2 N–H and O–H groups in total. The van der Waals surface area contributed by atoms with Crippen molar-refractivity contribution in [3.63, 3.8) is 0 Å². The molecule has 146 valence electrons. The van der Waals surface area contributed by atoms with Crippen LogP contribution >= 0.6 is 11.6 Å². The van der Waals surface area contributed by atoms with Gasteiger partial charge in [-0.1, -0.05) is 30.9 Å². The first-order chi connectivity index (χ1) is 12.8. The van der Waals surface area contributed by atoms with E-state index in [0.29, 0.717) is 24.1 Å². The SMILES string of the molecule is Cn1cnc(-c2cc(Cl)c(F)c(C(=O)NNS(=O)(=O)C3CCCCC3)c2)c1. The van der Waals surface area contributed by atoms with Crippen LogP contribution in [0.5, 0.6) is 0 Å². The Morgan fingerprint density at radius 1 is 1.30 bits per heavy atom. The second kappa shape index (κ2) is 7.95. The summed E-state index contributed by atoms with van der Waals surface area (Å²) >= 11 is 5.90. The zero-order valence-electron chi connectivity index (χ0n) is 14.7. The molecule has 0 spiro atoms. The molecular weight excluding hydrogens is 395 g/mol. The van der Waals surface area contributed by atoms with Crippen LogP contribution in [0.3, 0.4) is 0 Å². The molecule has 1 aliphatic carbocycles. The molecule has 0 radical (unpaired) electrons. The fourth-order valence-corrected chi connectivity index (χ4v) is 4.68. The van der Waals surface area contributed by atoms with E-state index in [-0.39, 0.29) is 10.6 Å². The molecule has 7 nitrogen and oxygen atoms in total. The van der Waals surface area contributed by atoms with Gasteiger partial charge in [0.25, 0.3) is 5.91 Å². The van der Waals surface area contributed by atoms with Gasteiger partial charge in [0.1, 0.15) is 0 Å². The van der Waals surface area contributed by atoms with Crippen molar-refractivity contribution >= 4 is 27.5 Å². The van der Waals surface area contributed by atoms with Crippen LogP contribution in [0.4, 0.5) is 4.39 Å². The highest BCUT2D eigenvalue weighted by Gasteiger charge is 2.28. The molecule has 0 atom stereocenters. The second-order valence-corrected chi connectivity index (χ2v) is 8.97. The molecule has 0 bridgehead atoms. The second-order valence-electron chi connectivity index (χ2n) is 6.61. The van der Waals surface area contributed by atoms with Crippen LogP contribution in [-0.4, -0.2) is 29.1 Å². The van der Waals surface area contributed by atoms with E-state index in [1.807, 2.05) is 0 Å². The summed E-state index contributed by atoms with van der Waals surface area (Å²) in [5, 5.41) is -0.807. The van der Waals surface area contributed by atoms with Crippen LogP contribution in [0.1, 0.15) is 42.5 Å². The predicted molar refractivity (Wildman–Crippen MR) is 100 cm³/mol. The molecule has 0 saturated heterocycles. The Balaban J connectivity index is 1.79. The van der Waals surface area contributed by atoms with Crippen molar-refractivity contribution in [1.82, 2.24) is 19.8 Å². The largest absolute Gasteiger partial charge is 0.340 e. The maximum atomic E-state index is 14.3. The summed E-state index contributed by atoms with van der Waals surface area (Å²) in [6, 6.07) is 2.65. The van der Waals surface area contributed by atoms with Crippen molar-refractivity contribution in [3.8, 4) is 11.3 Å². The molecule has 1 heterocycles. The average molecular weight is 415 g/mol. The number of rotatable bonds is 5. The number of carbonyl (C=O) groups is 1. The van der Waals surface area contributed by atoms with Gasteiger partial charge < -0.3 is 4.57 Å². The van der Waals surface area contributed by atoms with Crippen LogP contribution in [0.15, 0.2) is 24.7 Å². The Morgan fingerprint density at radius 3 is 2.63 bits per heavy atom. The van der Waals surface area contributed by atoms with E-state index in [1.165, 1.54) is 12.1 Å². The first-order valence-electron chi connectivity index (χ1n) is 8.56. The fourth-order valence-electron chi connectivity index (χ4n) is 3.11. The molecule has 0 aliphatic heterocycles. The first-order valence-corrected chi connectivity index (χ1v) is 10.5. The normalized spacial score (nSPS) is 15.7. The van der Waals surface area contributed by atoms with Gasteiger partial charge in [0.15, 0.2) is 5.82 Å². The summed E-state index contributed by atoms with van der Waals surface area (Å²) in [5.41, 5.74) is 2.68. The average Bonchev–Trinajstić information content (AvgIpc) is 3.09. The molecule has 2 aromatic rings. The molecule has 10 heteroatoms. The third-order valence-electron chi connectivity index (χ3n) is 4.57. The number of aromatic nitrogens is 2. The van der Waals surface area contributed by atoms with Crippen molar-refractivity contribution < 1.29 is 17.6 Å². The number of halogens is 2. The molecule has 1 aromatic carbocycles. The van der Waals surface area contributed by atoms with E-state index in [0.717, 1.165) is 19.3 Å².